The molecule has 2 N–H and O–H groups in total. The number of anilines is 1. The number of amides is 2. The Hall–Kier alpha value is -2.39. The molecule has 0 fully saturated rings. The van der Waals surface area contributed by atoms with Crippen molar-refractivity contribution in [2.45, 2.75) is 4.90 Å². The predicted octanol–water partition coefficient (Wildman–Crippen LogP) is 1.90. The van der Waals surface area contributed by atoms with Gasteiger partial charge in [-0.2, -0.15) is 0 Å². The molecule has 0 aromatic heterocycles. The second kappa shape index (κ2) is 6.25. The van der Waals surface area contributed by atoms with E-state index in [1.165, 1.54) is 24.3 Å². The molecule has 124 valence electrons. The van der Waals surface area contributed by atoms with Gasteiger partial charge in [-0.25, -0.2) is 13.1 Å². The Morgan fingerprint density at radius 2 is 1.96 bits per heavy atom. The van der Waals surface area contributed by atoms with Crippen LogP contribution in [0.5, 0.6) is 5.75 Å². The standard InChI is InChI=1S/C15H11BrN2O5S/c16-10-3-1-2-4-13(10)24(21,22)18-15(20)9-5-6-12-11(7-9)17-14(19)8-23-12/h1-7H,8H2,(H,17,19)(H,18,20). The van der Waals surface area contributed by atoms with Crippen LogP contribution in [0.4, 0.5) is 5.69 Å². The fraction of sp³-hybridized carbons (Fsp3) is 0.0667. The zero-order valence-corrected chi connectivity index (χ0v) is 14.5. The van der Waals surface area contributed by atoms with Gasteiger partial charge in [0, 0.05) is 10.0 Å². The van der Waals surface area contributed by atoms with Crippen LogP contribution in [-0.2, 0) is 14.8 Å². The molecule has 0 spiro atoms. The number of carbonyl (C=O) groups excluding carboxylic acids is 2. The Morgan fingerprint density at radius 1 is 1.21 bits per heavy atom. The molecule has 7 nitrogen and oxygen atoms in total. The van der Waals surface area contributed by atoms with Gasteiger partial charge in [0.1, 0.15) is 10.6 Å². The van der Waals surface area contributed by atoms with Gasteiger partial charge in [-0.3, -0.25) is 9.59 Å². The van der Waals surface area contributed by atoms with E-state index in [4.69, 9.17) is 4.74 Å². The second-order valence-corrected chi connectivity index (χ2v) is 7.42. The third-order valence-corrected chi connectivity index (χ3v) is 5.57. The second-order valence-electron chi connectivity index (χ2n) is 4.91. The van der Waals surface area contributed by atoms with Crippen molar-refractivity contribution in [3.8, 4) is 5.75 Å². The molecule has 2 aromatic carbocycles. The minimum absolute atomic E-state index is 0.0482. The number of rotatable bonds is 3. The van der Waals surface area contributed by atoms with Crippen molar-refractivity contribution < 1.29 is 22.7 Å². The SMILES string of the molecule is O=C1COc2ccc(C(=O)NS(=O)(=O)c3ccccc3Br)cc2N1. The van der Waals surface area contributed by atoms with Crippen LogP contribution < -0.4 is 14.8 Å². The number of halogens is 1. The first-order chi connectivity index (χ1) is 11.4. The molecule has 24 heavy (non-hydrogen) atoms. The molecule has 0 radical (unpaired) electrons. The van der Waals surface area contributed by atoms with Gasteiger partial charge in [0.05, 0.1) is 5.69 Å². The van der Waals surface area contributed by atoms with E-state index in [0.717, 1.165) is 0 Å². The largest absolute Gasteiger partial charge is 0.482 e. The molecule has 1 heterocycles. The van der Waals surface area contributed by atoms with Crippen molar-refractivity contribution in [2.24, 2.45) is 0 Å². The first-order valence-electron chi connectivity index (χ1n) is 6.75. The van der Waals surface area contributed by atoms with Gasteiger partial charge in [0.2, 0.25) is 0 Å². The average Bonchev–Trinajstić information content (AvgIpc) is 2.54. The summed E-state index contributed by atoms with van der Waals surface area (Å²) in [5.41, 5.74) is 0.396. The molecule has 0 atom stereocenters. The molecule has 9 heteroatoms. The van der Waals surface area contributed by atoms with E-state index < -0.39 is 15.9 Å². The quantitative estimate of drug-likeness (QED) is 0.804. The summed E-state index contributed by atoms with van der Waals surface area (Å²) < 4.78 is 32.2. The van der Waals surface area contributed by atoms with Gasteiger partial charge in [0.15, 0.2) is 6.61 Å². The Bertz CT molecular complexity index is 943. The normalized spacial score (nSPS) is 13.5. The van der Waals surface area contributed by atoms with Gasteiger partial charge in [0.25, 0.3) is 21.8 Å². The summed E-state index contributed by atoms with van der Waals surface area (Å²) in [5, 5.41) is 2.56. The maximum Gasteiger partial charge on any atom is 0.265 e. The first kappa shape index (κ1) is 16.5. The Kier molecular flexibility index (Phi) is 4.29. The number of hydrogen-bond acceptors (Lipinski definition) is 5. The van der Waals surface area contributed by atoms with E-state index in [2.05, 4.69) is 21.2 Å². The van der Waals surface area contributed by atoms with Gasteiger partial charge in [-0.05, 0) is 46.3 Å². The van der Waals surface area contributed by atoms with Gasteiger partial charge >= 0.3 is 0 Å². The van der Waals surface area contributed by atoms with Crippen LogP contribution >= 0.6 is 15.9 Å². The number of fused-ring (bicyclic) bond motifs is 1. The molecule has 2 amide bonds. The molecule has 2 aromatic rings. The molecular weight excluding hydrogens is 400 g/mol. The minimum Gasteiger partial charge on any atom is -0.482 e. The summed E-state index contributed by atoms with van der Waals surface area (Å²) in [6.07, 6.45) is 0. The highest BCUT2D eigenvalue weighted by molar-refractivity contribution is 9.10. The smallest absolute Gasteiger partial charge is 0.265 e. The lowest BCUT2D eigenvalue weighted by Crippen LogP contribution is -2.31. The van der Waals surface area contributed by atoms with E-state index in [-0.39, 0.29) is 23.0 Å². The summed E-state index contributed by atoms with van der Waals surface area (Å²) >= 11 is 3.14. The van der Waals surface area contributed by atoms with E-state index in [1.807, 2.05) is 4.72 Å². The van der Waals surface area contributed by atoms with Crippen molar-refractivity contribution in [1.29, 1.82) is 0 Å². The lowest BCUT2D eigenvalue weighted by molar-refractivity contribution is -0.118. The van der Waals surface area contributed by atoms with E-state index >= 15 is 0 Å². The zero-order chi connectivity index (χ0) is 17.3. The van der Waals surface area contributed by atoms with Crippen LogP contribution in [0, 0.1) is 0 Å². The number of benzene rings is 2. The van der Waals surface area contributed by atoms with E-state index in [0.29, 0.717) is 15.9 Å². The lowest BCUT2D eigenvalue weighted by Gasteiger charge is -2.18. The number of sulfonamides is 1. The zero-order valence-electron chi connectivity index (χ0n) is 12.1. The number of hydrogen-bond donors (Lipinski definition) is 2. The van der Waals surface area contributed by atoms with Crippen molar-refractivity contribution in [2.75, 3.05) is 11.9 Å². The fourth-order valence-corrected chi connectivity index (χ4v) is 4.10. The van der Waals surface area contributed by atoms with Crippen LogP contribution in [0.25, 0.3) is 0 Å². The minimum atomic E-state index is -4.04. The van der Waals surface area contributed by atoms with Crippen molar-refractivity contribution in [1.82, 2.24) is 4.72 Å². The highest BCUT2D eigenvalue weighted by Gasteiger charge is 2.23. The number of ether oxygens (including phenoxy) is 1. The summed E-state index contributed by atoms with van der Waals surface area (Å²) in [7, 11) is -4.04. The molecule has 0 saturated heterocycles. The Morgan fingerprint density at radius 3 is 2.71 bits per heavy atom. The van der Waals surface area contributed by atoms with Crippen molar-refractivity contribution in [3.05, 3.63) is 52.5 Å². The maximum absolute atomic E-state index is 12.3. The average molecular weight is 411 g/mol. The number of nitrogens with one attached hydrogen (secondary N) is 2. The lowest BCUT2D eigenvalue weighted by atomic mass is 10.1. The van der Waals surface area contributed by atoms with E-state index in [9.17, 15) is 18.0 Å². The Balaban J connectivity index is 1.86. The predicted molar refractivity (Wildman–Crippen MR) is 89.4 cm³/mol. The third-order valence-electron chi connectivity index (χ3n) is 3.23. The van der Waals surface area contributed by atoms with Gasteiger partial charge in [-0.15, -0.1) is 0 Å². The summed E-state index contributed by atoms with van der Waals surface area (Å²) in [6, 6.07) is 10.4. The van der Waals surface area contributed by atoms with Crippen LogP contribution in [0.1, 0.15) is 10.4 Å². The molecule has 0 bridgehead atoms. The summed E-state index contributed by atoms with van der Waals surface area (Å²) in [4.78, 5) is 23.5. The highest BCUT2D eigenvalue weighted by Crippen LogP contribution is 2.28. The molecular formula is C15H11BrN2O5S. The summed E-state index contributed by atoms with van der Waals surface area (Å²) in [5.74, 6) is -0.742. The van der Waals surface area contributed by atoms with E-state index in [1.54, 1.807) is 18.2 Å². The van der Waals surface area contributed by atoms with Gasteiger partial charge < -0.3 is 10.1 Å². The molecule has 0 aliphatic carbocycles. The third kappa shape index (κ3) is 3.26. The van der Waals surface area contributed by atoms with Crippen LogP contribution in [-0.4, -0.2) is 26.8 Å². The molecule has 1 aliphatic heterocycles. The van der Waals surface area contributed by atoms with Crippen LogP contribution in [0.15, 0.2) is 51.8 Å². The molecule has 3 rings (SSSR count). The fourth-order valence-electron chi connectivity index (χ4n) is 2.12. The van der Waals surface area contributed by atoms with Crippen molar-refractivity contribution >= 4 is 43.5 Å². The molecule has 0 saturated carbocycles. The maximum atomic E-state index is 12.3. The topological polar surface area (TPSA) is 102 Å². The monoisotopic (exact) mass is 410 g/mol. The Labute approximate surface area is 146 Å². The highest BCUT2D eigenvalue weighted by atomic mass is 79.9. The van der Waals surface area contributed by atoms with Crippen LogP contribution in [0.2, 0.25) is 0 Å². The molecule has 0 unspecified atom stereocenters. The summed E-state index contributed by atoms with van der Waals surface area (Å²) in [6.45, 7) is -0.102. The van der Waals surface area contributed by atoms with Gasteiger partial charge in [-0.1, -0.05) is 12.1 Å². The van der Waals surface area contributed by atoms with Crippen LogP contribution in [0.3, 0.4) is 0 Å². The van der Waals surface area contributed by atoms with Crippen molar-refractivity contribution in [3.63, 3.8) is 0 Å². The first-order valence-corrected chi connectivity index (χ1v) is 9.03. The molecule has 1 aliphatic rings. The number of carbonyl (C=O) groups is 2.